The average Bonchev–Trinajstić information content (AvgIpc) is 2.98. The van der Waals surface area contributed by atoms with E-state index in [1.807, 2.05) is 11.8 Å². The molecule has 2 amide bonds. The lowest BCUT2D eigenvalue weighted by Gasteiger charge is -2.26. The molecule has 1 aromatic heterocycles. The molecule has 0 unspecified atom stereocenters. The largest absolute Gasteiger partial charge is 0.484 e. The molecule has 8 heteroatoms. The number of ether oxygens (including phenoxy) is 1. The summed E-state index contributed by atoms with van der Waals surface area (Å²) in [5.74, 6) is 1.77. The van der Waals surface area contributed by atoms with Gasteiger partial charge in [0.25, 0.3) is 5.91 Å². The van der Waals surface area contributed by atoms with Crippen LogP contribution in [-0.2, 0) is 16.1 Å². The molecule has 2 aromatic rings. The van der Waals surface area contributed by atoms with Crippen LogP contribution in [0, 0.1) is 13.8 Å². The third-order valence-corrected chi connectivity index (χ3v) is 4.47. The molecule has 0 aliphatic carbocycles. The summed E-state index contributed by atoms with van der Waals surface area (Å²) >= 11 is 0. The van der Waals surface area contributed by atoms with Crippen LogP contribution in [0.1, 0.15) is 30.9 Å². The number of nitrogens with one attached hydrogen (secondary N) is 1. The van der Waals surface area contributed by atoms with Crippen molar-refractivity contribution in [2.24, 2.45) is 0 Å². The van der Waals surface area contributed by atoms with E-state index < -0.39 is 0 Å². The van der Waals surface area contributed by atoms with Crippen LogP contribution in [-0.4, -0.2) is 51.2 Å². The van der Waals surface area contributed by atoms with Crippen molar-refractivity contribution in [3.05, 3.63) is 35.9 Å². The number of carbonyl (C=O) groups excluding carboxylic acids is 2. The Bertz CT molecular complexity index is 794. The van der Waals surface area contributed by atoms with Gasteiger partial charge >= 0.3 is 0 Å². The molecule has 0 bridgehead atoms. The van der Waals surface area contributed by atoms with E-state index in [0.717, 1.165) is 25.9 Å². The highest BCUT2D eigenvalue weighted by atomic mass is 16.5. The van der Waals surface area contributed by atoms with Gasteiger partial charge in [-0.25, -0.2) is 9.67 Å². The monoisotopic (exact) mass is 371 g/mol. The summed E-state index contributed by atoms with van der Waals surface area (Å²) in [6.07, 6.45) is 3.32. The van der Waals surface area contributed by atoms with Gasteiger partial charge < -0.3 is 15.0 Å². The van der Waals surface area contributed by atoms with E-state index in [9.17, 15) is 9.59 Å². The van der Waals surface area contributed by atoms with Gasteiger partial charge in [0, 0.05) is 18.8 Å². The SMILES string of the molecule is Cc1nc(C)n(CC(=O)Nc2ccc(OCC(=O)N3CCCCC3)cc2)n1. The van der Waals surface area contributed by atoms with Gasteiger partial charge in [-0.15, -0.1) is 0 Å². The maximum atomic E-state index is 12.1. The van der Waals surface area contributed by atoms with Crippen LogP contribution < -0.4 is 10.1 Å². The fraction of sp³-hybridized carbons (Fsp3) is 0.474. The number of rotatable bonds is 6. The third kappa shape index (κ3) is 5.29. The normalized spacial score (nSPS) is 14.1. The lowest BCUT2D eigenvalue weighted by atomic mass is 10.1. The van der Waals surface area contributed by atoms with E-state index in [-0.39, 0.29) is 25.0 Å². The standard InChI is InChI=1S/C19H25N5O3/c1-14-20-15(2)24(22-14)12-18(25)21-16-6-8-17(9-7-16)27-13-19(26)23-10-4-3-5-11-23/h6-9H,3-5,10-13H2,1-2H3,(H,21,25). The number of anilines is 1. The van der Waals surface area contributed by atoms with Gasteiger partial charge in [-0.1, -0.05) is 0 Å². The Morgan fingerprint density at radius 2 is 1.81 bits per heavy atom. The Hall–Kier alpha value is -2.90. The predicted octanol–water partition coefficient (Wildman–Crippen LogP) is 1.92. The number of aromatic nitrogens is 3. The van der Waals surface area contributed by atoms with Crippen molar-refractivity contribution in [2.75, 3.05) is 25.0 Å². The molecule has 144 valence electrons. The zero-order valence-corrected chi connectivity index (χ0v) is 15.8. The molecule has 0 radical (unpaired) electrons. The van der Waals surface area contributed by atoms with Crippen LogP contribution in [0.5, 0.6) is 5.75 Å². The van der Waals surface area contributed by atoms with E-state index in [1.54, 1.807) is 35.9 Å². The maximum absolute atomic E-state index is 12.1. The quantitative estimate of drug-likeness (QED) is 0.838. The minimum absolute atomic E-state index is 0.0191. The molecule has 3 rings (SSSR count). The first-order valence-corrected chi connectivity index (χ1v) is 9.20. The summed E-state index contributed by atoms with van der Waals surface area (Å²) in [6, 6.07) is 6.98. The second-order valence-electron chi connectivity index (χ2n) is 6.67. The van der Waals surface area contributed by atoms with E-state index in [1.165, 1.54) is 6.42 Å². The Morgan fingerprint density at radius 1 is 1.11 bits per heavy atom. The third-order valence-electron chi connectivity index (χ3n) is 4.47. The van der Waals surface area contributed by atoms with Crippen molar-refractivity contribution >= 4 is 17.5 Å². The average molecular weight is 371 g/mol. The Morgan fingerprint density at radius 3 is 2.44 bits per heavy atom. The first kappa shape index (κ1) is 18.9. The van der Waals surface area contributed by atoms with Gasteiger partial charge in [-0.2, -0.15) is 5.10 Å². The highest BCUT2D eigenvalue weighted by Crippen LogP contribution is 2.16. The Balaban J connectivity index is 1.47. The van der Waals surface area contributed by atoms with Crippen LogP contribution in [0.2, 0.25) is 0 Å². The lowest BCUT2D eigenvalue weighted by molar-refractivity contribution is -0.134. The minimum Gasteiger partial charge on any atom is -0.484 e. The molecule has 0 spiro atoms. The first-order valence-electron chi connectivity index (χ1n) is 9.20. The number of aryl methyl sites for hydroxylation is 2. The molecule has 1 fully saturated rings. The number of hydrogen-bond acceptors (Lipinski definition) is 5. The summed E-state index contributed by atoms with van der Waals surface area (Å²) in [6.45, 7) is 5.38. The molecular weight excluding hydrogens is 346 g/mol. The molecule has 27 heavy (non-hydrogen) atoms. The second kappa shape index (κ2) is 8.66. The van der Waals surface area contributed by atoms with Crippen molar-refractivity contribution in [3.8, 4) is 5.75 Å². The number of piperidine rings is 1. The van der Waals surface area contributed by atoms with Gasteiger partial charge in [0.05, 0.1) is 0 Å². The molecule has 2 heterocycles. The molecule has 0 saturated carbocycles. The van der Waals surface area contributed by atoms with Crippen LogP contribution in [0.3, 0.4) is 0 Å². The smallest absolute Gasteiger partial charge is 0.260 e. The van der Waals surface area contributed by atoms with Crippen molar-refractivity contribution in [2.45, 2.75) is 39.7 Å². The summed E-state index contributed by atoms with van der Waals surface area (Å²) in [4.78, 5) is 30.3. The molecule has 1 N–H and O–H groups in total. The summed E-state index contributed by atoms with van der Waals surface area (Å²) in [7, 11) is 0. The van der Waals surface area contributed by atoms with Gasteiger partial charge in [-0.05, 0) is 57.4 Å². The van der Waals surface area contributed by atoms with Crippen molar-refractivity contribution in [1.82, 2.24) is 19.7 Å². The topological polar surface area (TPSA) is 89.3 Å². The lowest BCUT2D eigenvalue weighted by Crippen LogP contribution is -2.38. The molecule has 8 nitrogen and oxygen atoms in total. The molecule has 1 aromatic carbocycles. The van der Waals surface area contributed by atoms with Crippen molar-refractivity contribution in [1.29, 1.82) is 0 Å². The number of benzene rings is 1. The number of likely N-dealkylation sites (tertiary alicyclic amines) is 1. The van der Waals surface area contributed by atoms with Gasteiger partial charge in [0.15, 0.2) is 6.61 Å². The maximum Gasteiger partial charge on any atom is 0.260 e. The van der Waals surface area contributed by atoms with Gasteiger partial charge in [-0.3, -0.25) is 9.59 Å². The van der Waals surface area contributed by atoms with E-state index >= 15 is 0 Å². The van der Waals surface area contributed by atoms with Crippen LogP contribution in [0.15, 0.2) is 24.3 Å². The molecule has 1 saturated heterocycles. The first-order chi connectivity index (χ1) is 13.0. The van der Waals surface area contributed by atoms with Crippen molar-refractivity contribution < 1.29 is 14.3 Å². The molecule has 0 atom stereocenters. The fourth-order valence-corrected chi connectivity index (χ4v) is 3.06. The minimum atomic E-state index is -0.183. The fourth-order valence-electron chi connectivity index (χ4n) is 3.06. The molecule has 1 aliphatic rings. The van der Waals surface area contributed by atoms with Crippen LogP contribution >= 0.6 is 0 Å². The predicted molar refractivity (Wildman–Crippen MR) is 100 cm³/mol. The van der Waals surface area contributed by atoms with E-state index in [2.05, 4.69) is 15.4 Å². The zero-order chi connectivity index (χ0) is 19.2. The summed E-state index contributed by atoms with van der Waals surface area (Å²) in [5.41, 5.74) is 0.657. The van der Waals surface area contributed by atoms with Crippen molar-refractivity contribution in [3.63, 3.8) is 0 Å². The Kier molecular flexibility index (Phi) is 6.05. The van der Waals surface area contributed by atoms with Gasteiger partial charge in [0.2, 0.25) is 5.91 Å². The second-order valence-corrected chi connectivity index (χ2v) is 6.67. The number of nitrogens with zero attached hydrogens (tertiary/aromatic N) is 4. The van der Waals surface area contributed by atoms with E-state index in [4.69, 9.17) is 4.74 Å². The van der Waals surface area contributed by atoms with E-state index in [0.29, 0.717) is 23.1 Å². The zero-order valence-electron chi connectivity index (χ0n) is 15.8. The number of amides is 2. The molecule has 1 aliphatic heterocycles. The number of carbonyl (C=O) groups is 2. The highest BCUT2D eigenvalue weighted by molar-refractivity contribution is 5.90. The Labute approximate surface area is 158 Å². The highest BCUT2D eigenvalue weighted by Gasteiger charge is 2.16. The number of hydrogen-bond donors (Lipinski definition) is 1. The van der Waals surface area contributed by atoms with Crippen LogP contribution in [0.4, 0.5) is 5.69 Å². The summed E-state index contributed by atoms with van der Waals surface area (Å²) < 4.78 is 7.13. The van der Waals surface area contributed by atoms with Crippen LogP contribution in [0.25, 0.3) is 0 Å². The van der Waals surface area contributed by atoms with Gasteiger partial charge in [0.1, 0.15) is 23.9 Å². The summed E-state index contributed by atoms with van der Waals surface area (Å²) in [5, 5.41) is 6.99. The molecular formula is C19H25N5O3.